The van der Waals surface area contributed by atoms with Gasteiger partial charge in [-0.1, -0.05) is 60.1 Å². The van der Waals surface area contributed by atoms with E-state index in [1.807, 2.05) is 48.5 Å². The molecule has 1 aliphatic rings. The Morgan fingerprint density at radius 3 is 2.32 bits per heavy atom. The molecule has 172 valence electrons. The van der Waals surface area contributed by atoms with E-state index in [0.717, 1.165) is 16.7 Å². The molecule has 1 unspecified atom stereocenters. The molecule has 3 aromatic carbocycles. The SMILES string of the molecule is COc1cc(C2c3c(-c4ccccc4)n[nH]c3C(=O)N2Cc2ccccc2Cl)cc(OC)c1O. The van der Waals surface area contributed by atoms with Crippen molar-refractivity contribution in [3.63, 3.8) is 0 Å². The highest BCUT2D eigenvalue weighted by molar-refractivity contribution is 6.31. The summed E-state index contributed by atoms with van der Waals surface area (Å²) in [5.41, 5.74) is 4.26. The van der Waals surface area contributed by atoms with E-state index in [4.69, 9.17) is 21.1 Å². The second-order valence-electron chi connectivity index (χ2n) is 7.93. The predicted octanol–water partition coefficient (Wildman–Crippen LogP) is 5.20. The van der Waals surface area contributed by atoms with Crippen LogP contribution in [0.1, 0.15) is 33.2 Å². The van der Waals surface area contributed by atoms with Crippen LogP contribution >= 0.6 is 11.6 Å². The molecular weight excluding hydrogens is 454 g/mol. The summed E-state index contributed by atoms with van der Waals surface area (Å²) >= 11 is 6.44. The predicted molar refractivity (Wildman–Crippen MR) is 128 cm³/mol. The van der Waals surface area contributed by atoms with Gasteiger partial charge in [-0.15, -0.1) is 0 Å². The third-order valence-corrected chi connectivity index (χ3v) is 6.40. The van der Waals surface area contributed by atoms with Gasteiger partial charge in [-0.2, -0.15) is 5.10 Å². The average Bonchev–Trinajstić information content (AvgIpc) is 3.40. The maximum absolute atomic E-state index is 13.6. The van der Waals surface area contributed by atoms with E-state index in [1.54, 1.807) is 23.1 Å². The molecule has 2 heterocycles. The lowest BCUT2D eigenvalue weighted by Gasteiger charge is -2.27. The Morgan fingerprint density at radius 1 is 1.03 bits per heavy atom. The summed E-state index contributed by atoms with van der Waals surface area (Å²) in [6.45, 7) is 0.283. The van der Waals surface area contributed by atoms with Crippen molar-refractivity contribution >= 4 is 17.5 Å². The van der Waals surface area contributed by atoms with Crippen molar-refractivity contribution < 1.29 is 19.4 Å². The number of nitrogens with zero attached hydrogens (tertiary/aromatic N) is 2. The number of hydrogen-bond donors (Lipinski definition) is 2. The number of rotatable bonds is 6. The number of carbonyl (C=O) groups excluding carboxylic acids is 1. The summed E-state index contributed by atoms with van der Waals surface area (Å²) in [4.78, 5) is 15.4. The summed E-state index contributed by atoms with van der Waals surface area (Å²) in [5, 5.41) is 18.5. The number of amides is 1. The van der Waals surface area contributed by atoms with Gasteiger partial charge in [0.25, 0.3) is 5.91 Å². The standard InChI is InChI=1S/C26H22ClN3O4/c1-33-19-12-17(13-20(34-2)25(19)31)24-21-22(15-8-4-3-5-9-15)28-29-23(21)26(32)30(24)14-16-10-6-7-11-18(16)27/h3-13,24,31H,14H2,1-2H3,(H,28,29). The maximum Gasteiger partial charge on any atom is 0.273 e. The average molecular weight is 476 g/mol. The van der Waals surface area contributed by atoms with Crippen molar-refractivity contribution in [2.24, 2.45) is 0 Å². The lowest BCUT2D eigenvalue weighted by Crippen LogP contribution is -2.29. The second-order valence-corrected chi connectivity index (χ2v) is 8.34. The molecule has 1 amide bonds. The monoisotopic (exact) mass is 475 g/mol. The second kappa shape index (κ2) is 8.76. The van der Waals surface area contributed by atoms with E-state index < -0.39 is 6.04 Å². The fourth-order valence-electron chi connectivity index (χ4n) is 4.40. The van der Waals surface area contributed by atoms with Crippen LogP contribution in [0.3, 0.4) is 0 Å². The summed E-state index contributed by atoms with van der Waals surface area (Å²) in [6.07, 6.45) is 0. The lowest BCUT2D eigenvalue weighted by molar-refractivity contribution is 0.0729. The van der Waals surface area contributed by atoms with E-state index >= 15 is 0 Å². The third-order valence-electron chi connectivity index (χ3n) is 6.03. The van der Waals surface area contributed by atoms with Crippen LogP contribution in [-0.2, 0) is 6.54 Å². The minimum absolute atomic E-state index is 0.105. The van der Waals surface area contributed by atoms with Crippen molar-refractivity contribution in [3.05, 3.63) is 94.1 Å². The molecule has 7 nitrogen and oxygen atoms in total. The zero-order valence-electron chi connectivity index (χ0n) is 18.6. The van der Waals surface area contributed by atoms with Crippen LogP contribution in [0.4, 0.5) is 0 Å². The van der Waals surface area contributed by atoms with Gasteiger partial charge in [0.15, 0.2) is 11.5 Å². The van der Waals surface area contributed by atoms with Crippen molar-refractivity contribution in [3.8, 4) is 28.5 Å². The number of ether oxygens (including phenoxy) is 2. The summed E-state index contributed by atoms with van der Waals surface area (Å²) in [5.74, 6) is 0.197. The molecule has 8 heteroatoms. The topological polar surface area (TPSA) is 87.7 Å². The smallest absolute Gasteiger partial charge is 0.273 e. The Hall–Kier alpha value is -3.97. The number of aromatic amines is 1. The normalized spacial score (nSPS) is 14.9. The van der Waals surface area contributed by atoms with E-state index in [0.29, 0.717) is 22.0 Å². The number of methoxy groups -OCH3 is 2. The lowest BCUT2D eigenvalue weighted by atomic mass is 9.95. The number of halogens is 1. The van der Waals surface area contributed by atoms with Crippen LogP contribution in [0.5, 0.6) is 17.2 Å². The number of carbonyl (C=O) groups is 1. The van der Waals surface area contributed by atoms with Crippen molar-refractivity contribution in [1.29, 1.82) is 0 Å². The number of fused-ring (bicyclic) bond motifs is 1. The molecule has 0 radical (unpaired) electrons. The molecule has 0 fully saturated rings. The van der Waals surface area contributed by atoms with Crippen molar-refractivity contribution in [1.82, 2.24) is 15.1 Å². The van der Waals surface area contributed by atoms with Crippen LogP contribution in [-0.4, -0.2) is 40.3 Å². The first-order chi connectivity index (χ1) is 16.5. The number of phenolic OH excluding ortho intramolecular Hbond substituents is 1. The molecule has 5 rings (SSSR count). The molecule has 34 heavy (non-hydrogen) atoms. The molecule has 0 saturated heterocycles. The van der Waals surface area contributed by atoms with Gasteiger partial charge in [0, 0.05) is 22.7 Å². The van der Waals surface area contributed by atoms with Crippen molar-refractivity contribution in [2.45, 2.75) is 12.6 Å². The fraction of sp³-hybridized carbons (Fsp3) is 0.154. The molecule has 2 N–H and O–H groups in total. The number of phenols is 1. The van der Waals surface area contributed by atoms with Gasteiger partial charge < -0.3 is 19.5 Å². The summed E-state index contributed by atoms with van der Waals surface area (Å²) < 4.78 is 10.8. The molecule has 1 atom stereocenters. The van der Waals surface area contributed by atoms with Gasteiger partial charge in [0.1, 0.15) is 5.69 Å². The van der Waals surface area contributed by atoms with Gasteiger partial charge >= 0.3 is 0 Å². The van der Waals surface area contributed by atoms with E-state index in [1.165, 1.54) is 14.2 Å². The third kappa shape index (κ3) is 3.54. The molecule has 1 aromatic heterocycles. The number of benzene rings is 3. The molecule has 0 spiro atoms. The quantitative estimate of drug-likeness (QED) is 0.400. The zero-order chi connectivity index (χ0) is 23.8. The van der Waals surface area contributed by atoms with Gasteiger partial charge in [-0.3, -0.25) is 9.89 Å². The van der Waals surface area contributed by atoms with E-state index in [9.17, 15) is 9.90 Å². The number of aromatic nitrogens is 2. The summed E-state index contributed by atoms with van der Waals surface area (Å²) in [7, 11) is 2.94. The van der Waals surface area contributed by atoms with Gasteiger partial charge in [0.2, 0.25) is 5.75 Å². The Balaban J connectivity index is 1.71. The number of nitrogens with one attached hydrogen (secondary N) is 1. The molecule has 0 bridgehead atoms. The van der Waals surface area contributed by atoms with Gasteiger partial charge in [0.05, 0.1) is 26.0 Å². The number of aromatic hydroxyl groups is 1. The van der Waals surface area contributed by atoms with Crippen LogP contribution in [0.2, 0.25) is 5.02 Å². The van der Waals surface area contributed by atoms with Crippen LogP contribution in [0, 0.1) is 0 Å². The Bertz CT molecular complexity index is 1340. The largest absolute Gasteiger partial charge is 0.502 e. The van der Waals surface area contributed by atoms with Gasteiger partial charge in [-0.25, -0.2) is 0 Å². The molecule has 0 saturated carbocycles. The first kappa shape index (κ1) is 21.9. The minimum atomic E-state index is -0.517. The first-order valence-electron chi connectivity index (χ1n) is 10.7. The summed E-state index contributed by atoms with van der Waals surface area (Å²) in [6, 6.07) is 20.0. The molecule has 4 aromatic rings. The Labute approximate surface area is 201 Å². The van der Waals surface area contributed by atoms with E-state index in [2.05, 4.69) is 10.2 Å². The molecule has 0 aliphatic carbocycles. The zero-order valence-corrected chi connectivity index (χ0v) is 19.3. The van der Waals surface area contributed by atoms with Gasteiger partial charge in [-0.05, 0) is 29.3 Å². The van der Waals surface area contributed by atoms with Crippen molar-refractivity contribution in [2.75, 3.05) is 14.2 Å². The van der Waals surface area contributed by atoms with Crippen LogP contribution in [0.25, 0.3) is 11.3 Å². The fourth-order valence-corrected chi connectivity index (χ4v) is 4.60. The van der Waals surface area contributed by atoms with Crippen LogP contribution < -0.4 is 9.47 Å². The number of hydrogen-bond acceptors (Lipinski definition) is 5. The van der Waals surface area contributed by atoms with E-state index in [-0.39, 0.29) is 29.7 Å². The first-order valence-corrected chi connectivity index (χ1v) is 11.0. The van der Waals surface area contributed by atoms with Crippen LogP contribution in [0.15, 0.2) is 66.7 Å². The molecular formula is C26H22ClN3O4. The highest BCUT2D eigenvalue weighted by Crippen LogP contribution is 2.47. The maximum atomic E-state index is 13.6. The number of H-pyrrole nitrogens is 1. The minimum Gasteiger partial charge on any atom is -0.502 e. The Kier molecular flexibility index (Phi) is 5.63. The highest BCUT2D eigenvalue weighted by atomic mass is 35.5. The highest BCUT2D eigenvalue weighted by Gasteiger charge is 2.43. The Morgan fingerprint density at radius 2 is 1.68 bits per heavy atom. The molecule has 1 aliphatic heterocycles.